The molecular formula is C15H19N3O2S. The summed E-state index contributed by atoms with van der Waals surface area (Å²) < 4.78 is 0.639. The maximum absolute atomic E-state index is 12.4. The standard InChI is InChI=1S/C15H19N3O2S/c1-18(15(20)10-5-3-2-4-6-10)9-12-16-11-7-8-21-13(11)14(19)17-12/h7-8,10H,2-6,9H2,1H3,(H,16,17,19). The molecule has 0 aliphatic heterocycles. The topological polar surface area (TPSA) is 66.1 Å². The van der Waals surface area contributed by atoms with E-state index < -0.39 is 0 Å². The van der Waals surface area contributed by atoms with Gasteiger partial charge < -0.3 is 9.88 Å². The van der Waals surface area contributed by atoms with Crippen LogP contribution < -0.4 is 5.56 Å². The summed E-state index contributed by atoms with van der Waals surface area (Å²) in [4.78, 5) is 33.2. The molecule has 112 valence electrons. The molecular weight excluding hydrogens is 286 g/mol. The van der Waals surface area contributed by atoms with Crippen LogP contribution >= 0.6 is 11.3 Å². The Labute approximate surface area is 127 Å². The number of aromatic amines is 1. The first-order chi connectivity index (χ1) is 10.1. The molecule has 0 unspecified atom stereocenters. The van der Waals surface area contributed by atoms with E-state index >= 15 is 0 Å². The number of amides is 1. The average molecular weight is 305 g/mol. The van der Waals surface area contributed by atoms with E-state index in [2.05, 4.69) is 9.97 Å². The van der Waals surface area contributed by atoms with Crippen molar-refractivity contribution >= 4 is 27.5 Å². The van der Waals surface area contributed by atoms with Gasteiger partial charge in [0.2, 0.25) is 5.91 Å². The van der Waals surface area contributed by atoms with E-state index in [0.29, 0.717) is 22.6 Å². The van der Waals surface area contributed by atoms with Gasteiger partial charge in [0.15, 0.2) is 0 Å². The van der Waals surface area contributed by atoms with Crippen LogP contribution in [0.1, 0.15) is 37.9 Å². The molecule has 2 aromatic rings. The van der Waals surface area contributed by atoms with Crippen molar-refractivity contribution in [1.29, 1.82) is 0 Å². The van der Waals surface area contributed by atoms with Gasteiger partial charge in [-0.2, -0.15) is 0 Å². The summed E-state index contributed by atoms with van der Waals surface area (Å²) in [6.07, 6.45) is 5.48. The SMILES string of the molecule is CN(Cc1nc2ccsc2c(=O)[nH]1)C(=O)C1CCCCC1. The van der Waals surface area contributed by atoms with Gasteiger partial charge in [0.1, 0.15) is 10.5 Å². The minimum Gasteiger partial charge on any atom is -0.338 e. The Kier molecular flexibility index (Phi) is 4.05. The maximum Gasteiger partial charge on any atom is 0.268 e. The highest BCUT2D eigenvalue weighted by Crippen LogP contribution is 2.25. The van der Waals surface area contributed by atoms with Crippen LogP contribution in [0.25, 0.3) is 10.2 Å². The third-order valence-corrected chi connectivity index (χ3v) is 4.98. The van der Waals surface area contributed by atoms with Crippen LogP contribution in [-0.4, -0.2) is 27.8 Å². The number of rotatable bonds is 3. The molecule has 1 N–H and O–H groups in total. The van der Waals surface area contributed by atoms with Crippen molar-refractivity contribution in [2.75, 3.05) is 7.05 Å². The third-order valence-electron chi connectivity index (χ3n) is 4.08. The summed E-state index contributed by atoms with van der Waals surface area (Å²) in [5, 5.41) is 1.85. The summed E-state index contributed by atoms with van der Waals surface area (Å²) >= 11 is 1.38. The second-order valence-corrected chi connectivity index (χ2v) is 6.59. The molecule has 0 spiro atoms. The van der Waals surface area contributed by atoms with Crippen LogP contribution in [0.3, 0.4) is 0 Å². The molecule has 1 amide bonds. The first kappa shape index (κ1) is 14.3. The fourth-order valence-corrected chi connectivity index (χ4v) is 3.69. The molecule has 2 aromatic heterocycles. The van der Waals surface area contributed by atoms with E-state index in [0.717, 1.165) is 25.7 Å². The van der Waals surface area contributed by atoms with Gasteiger partial charge >= 0.3 is 0 Å². The molecule has 6 heteroatoms. The molecule has 1 aliphatic rings. The molecule has 21 heavy (non-hydrogen) atoms. The summed E-state index contributed by atoms with van der Waals surface area (Å²) in [7, 11) is 1.79. The van der Waals surface area contributed by atoms with Crippen LogP contribution in [0.2, 0.25) is 0 Å². The summed E-state index contributed by atoms with van der Waals surface area (Å²) in [5.74, 6) is 0.862. The Hall–Kier alpha value is -1.69. The van der Waals surface area contributed by atoms with Crippen molar-refractivity contribution in [2.45, 2.75) is 38.6 Å². The van der Waals surface area contributed by atoms with E-state index in [9.17, 15) is 9.59 Å². The second-order valence-electron chi connectivity index (χ2n) is 5.68. The van der Waals surface area contributed by atoms with Gasteiger partial charge in [-0.25, -0.2) is 4.98 Å². The lowest BCUT2D eigenvalue weighted by Gasteiger charge is -2.26. The summed E-state index contributed by atoms with van der Waals surface area (Å²) in [6.45, 7) is 0.358. The molecule has 0 atom stereocenters. The number of nitrogens with zero attached hydrogens (tertiary/aromatic N) is 2. The van der Waals surface area contributed by atoms with Crippen LogP contribution in [0, 0.1) is 5.92 Å². The van der Waals surface area contributed by atoms with E-state index in [-0.39, 0.29) is 17.4 Å². The van der Waals surface area contributed by atoms with Crippen molar-refractivity contribution in [3.05, 3.63) is 27.6 Å². The highest BCUT2D eigenvalue weighted by Gasteiger charge is 2.24. The van der Waals surface area contributed by atoms with Crippen LogP contribution in [0.15, 0.2) is 16.2 Å². The Morgan fingerprint density at radius 3 is 2.95 bits per heavy atom. The fraction of sp³-hybridized carbons (Fsp3) is 0.533. The van der Waals surface area contributed by atoms with Gasteiger partial charge in [0, 0.05) is 13.0 Å². The minimum absolute atomic E-state index is 0.122. The van der Waals surface area contributed by atoms with Crippen LogP contribution in [-0.2, 0) is 11.3 Å². The zero-order valence-electron chi connectivity index (χ0n) is 12.1. The highest BCUT2D eigenvalue weighted by molar-refractivity contribution is 7.17. The molecule has 2 heterocycles. The lowest BCUT2D eigenvalue weighted by atomic mass is 9.88. The summed E-state index contributed by atoms with van der Waals surface area (Å²) in [6, 6.07) is 1.84. The Balaban J connectivity index is 1.74. The number of hydrogen-bond acceptors (Lipinski definition) is 4. The zero-order valence-corrected chi connectivity index (χ0v) is 12.9. The predicted molar refractivity (Wildman–Crippen MR) is 83.3 cm³/mol. The Morgan fingerprint density at radius 1 is 1.43 bits per heavy atom. The first-order valence-corrected chi connectivity index (χ1v) is 8.24. The molecule has 3 rings (SSSR count). The average Bonchev–Trinajstić information content (AvgIpc) is 2.96. The molecule has 0 aromatic carbocycles. The Morgan fingerprint density at radius 2 is 2.19 bits per heavy atom. The number of carbonyl (C=O) groups is 1. The van der Waals surface area contributed by atoms with E-state index in [1.165, 1.54) is 17.8 Å². The van der Waals surface area contributed by atoms with E-state index in [1.54, 1.807) is 11.9 Å². The van der Waals surface area contributed by atoms with E-state index in [1.807, 2.05) is 11.4 Å². The number of carbonyl (C=O) groups excluding carboxylic acids is 1. The number of H-pyrrole nitrogens is 1. The van der Waals surface area contributed by atoms with Gasteiger partial charge in [0.25, 0.3) is 5.56 Å². The molecule has 1 saturated carbocycles. The normalized spacial score (nSPS) is 16.2. The first-order valence-electron chi connectivity index (χ1n) is 7.36. The molecule has 1 aliphatic carbocycles. The lowest BCUT2D eigenvalue weighted by Crippen LogP contribution is -2.34. The van der Waals surface area contributed by atoms with Gasteiger partial charge in [-0.1, -0.05) is 19.3 Å². The van der Waals surface area contributed by atoms with Gasteiger partial charge in [-0.05, 0) is 24.3 Å². The van der Waals surface area contributed by atoms with Gasteiger partial charge in [-0.3, -0.25) is 9.59 Å². The van der Waals surface area contributed by atoms with Crippen molar-refractivity contribution in [1.82, 2.24) is 14.9 Å². The number of aromatic nitrogens is 2. The molecule has 1 fully saturated rings. The molecule has 0 bridgehead atoms. The van der Waals surface area contributed by atoms with Crippen molar-refractivity contribution in [3.8, 4) is 0 Å². The van der Waals surface area contributed by atoms with Crippen molar-refractivity contribution in [3.63, 3.8) is 0 Å². The van der Waals surface area contributed by atoms with Gasteiger partial charge in [-0.15, -0.1) is 11.3 Å². The van der Waals surface area contributed by atoms with Crippen molar-refractivity contribution < 1.29 is 4.79 Å². The molecule has 0 saturated heterocycles. The highest BCUT2D eigenvalue weighted by atomic mass is 32.1. The second kappa shape index (κ2) is 5.97. The quantitative estimate of drug-likeness (QED) is 0.947. The smallest absolute Gasteiger partial charge is 0.268 e. The van der Waals surface area contributed by atoms with Crippen LogP contribution in [0.4, 0.5) is 0 Å². The lowest BCUT2D eigenvalue weighted by molar-refractivity contribution is -0.135. The monoisotopic (exact) mass is 305 g/mol. The predicted octanol–water partition coefficient (Wildman–Crippen LogP) is 2.52. The number of thiophene rings is 1. The maximum atomic E-state index is 12.4. The third kappa shape index (κ3) is 3.00. The molecule has 5 nitrogen and oxygen atoms in total. The largest absolute Gasteiger partial charge is 0.338 e. The van der Waals surface area contributed by atoms with Crippen molar-refractivity contribution in [2.24, 2.45) is 5.92 Å². The minimum atomic E-state index is -0.122. The van der Waals surface area contributed by atoms with E-state index in [4.69, 9.17) is 0 Å². The number of nitrogens with one attached hydrogen (secondary N) is 1. The zero-order chi connectivity index (χ0) is 14.8. The number of fused-ring (bicyclic) bond motifs is 1. The molecule has 0 radical (unpaired) electrons. The fourth-order valence-electron chi connectivity index (χ4n) is 2.96. The van der Waals surface area contributed by atoms with Crippen LogP contribution in [0.5, 0.6) is 0 Å². The van der Waals surface area contributed by atoms with Gasteiger partial charge in [0.05, 0.1) is 12.1 Å². The summed E-state index contributed by atoms with van der Waals surface area (Å²) in [5.41, 5.74) is 0.584. The number of hydrogen-bond donors (Lipinski definition) is 1. The Bertz CT molecular complexity index is 700.